The Morgan fingerprint density at radius 3 is 2.48 bits per heavy atom. The van der Waals surface area contributed by atoms with E-state index in [0.29, 0.717) is 5.82 Å². The minimum absolute atomic E-state index is 0. The van der Waals surface area contributed by atoms with Gasteiger partial charge in [0.05, 0.1) is 12.2 Å². The molecule has 0 radical (unpaired) electrons. The molecular weight excluding hydrogens is 286 g/mol. The highest BCUT2D eigenvalue weighted by Crippen LogP contribution is 2.22. The van der Waals surface area contributed by atoms with E-state index in [2.05, 4.69) is 39.5 Å². The highest BCUT2D eigenvalue weighted by Gasteiger charge is 2.18. The molecule has 1 fully saturated rings. The van der Waals surface area contributed by atoms with Crippen molar-refractivity contribution in [3.8, 4) is 0 Å². The first-order valence-corrected chi connectivity index (χ1v) is 7.27. The zero-order valence-electron chi connectivity index (χ0n) is 12.1. The average molecular weight is 308 g/mol. The van der Waals surface area contributed by atoms with E-state index in [0.717, 1.165) is 13.0 Å². The van der Waals surface area contributed by atoms with Crippen LogP contribution >= 0.6 is 12.4 Å². The third-order valence-corrected chi connectivity index (χ3v) is 3.95. The predicted molar refractivity (Wildman–Crippen MR) is 86.6 cm³/mol. The van der Waals surface area contributed by atoms with Crippen molar-refractivity contribution < 1.29 is 0 Å². The molecule has 2 heterocycles. The monoisotopic (exact) mass is 307 g/mol. The van der Waals surface area contributed by atoms with Gasteiger partial charge >= 0.3 is 0 Å². The summed E-state index contributed by atoms with van der Waals surface area (Å²) < 4.78 is 1.89. The number of nitrogen functional groups attached to an aromatic ring is 1. The number of anilines is 1. The maximum Gasteiger partial charge on any atom is 0.165 e. The molecule has 0 saturated carbocycles. The van der Waals surface area contributed by atoms with Gasteiger partial charge in [-0.3, -0.25) is 0 Å². The fourth-order valence-corrected chi connectivity index (χ4v) is 2.88. The van der Waals surface area contributed by atoms with Crippen molar-refractivity contribution in [1.29, 1.82) is 0 Å². The van der Waals surface area contributed by atoms with Gasteiger partial charge in [0.15, 0.2) is 5.82 Å². The second-order valence-corrected chi connectivity index (χ2v) is 5.39. The van der Waals surface area contributed by atoms with Crippen molar-refractivity contribution in [3.05, 3.63) is 42.1 Å². The van der Waals surface area contributed by atoms with Crippen molar-refractivity contribution in [2.45, 2.75) is 25.3 Å². The van der Waals surface area contributed by atoms with Gasteiger partial charge < -0.3 is 10.6 Å². The molecule has 0 bridgehead atoms. The summed E-state index contributed by atoms with van der Waals surface area (Å²) in [4.78, 5) is 2.52. The molecule has 2 N–H and O–H groups in total. The van der Waals surface area contributed by atoms with Crippen molar-refractivity contribution >= 4 is 18.2 Å². The lowest BCUT2D eigenvalue weighted by molar-refractivity contribution is 0.306. The topological polar surface area (TPSA) is 60.0 Å². The molecule has 0 amide bonds. The number of benzene rings is 1. The second-order valence-electron chi connectivity index (χ2n) is 5.39. The third kappa shape index (κ3) is 3.95. The summed E-state index contributed by atoms with van der Waals surface area (Å²) >= 11 is 0. The van der Waals surface area contributed by atoms with Gasteiger partial charge in [0.2, 0.25) is 0 Å². The molecule has 1 aromatic heterocycles. The van der Waals surface area contributed by atoms with Crippen LogP contribution < -0.4 is 5.73 Å². The second kappa shape index (κ2) is 7.43. The molecule has 6 heteroatoms. The summed E-state index contributed by atoms with van der Waals surface area (Å²) in [5.41, 5.74) is 6.97. The van der Waals surface area contributed by atoms with E-state index in [-0.39, 0.29) is 18.4 Å². The van der Waals surface area contributed by atoms with E-state index in [4.69, 9.17) is 5.73 Å². The highest BCUT2D eigenvalue weighted by atomic mass is 35.5. The molecule has 1 aromatic carbocycles. The summed E-state index contributed by atoms with van der Waals surface area (Å²) in [5, 5.41) is 8.08. The van der Waals surface area contributed by atoms with Crippen LogP contribution in [0.3, 0.4) is 0 Å². The lowest BCUT2D eigenvalue weighted by Gasteiger charge is -2.21. The fourth-order valence-electron chi connectivity index (χ4n) is 2.88. The van der Waals surface area contributed by atoms with Crippen LogP contribution in [0.5, 0.6) is 0 Å². The Kier molecular flexibility index (Phi) is 5.59. The summed E-state index contributed by atoms with van der Waals surface area (Å²) in [5.74, 6) is 0.479. The quantitative estimate of drug-likeness (QED) is 0.921. The van der Waals surface area contributed by atoms with Crippen molar-refractivity contribution in [1.82, 2.24) is 19.9 Å². The Labute approximate surface area is 131 Å². The molecule has 2 aromatic rings. The Morgan fingerprint density at radius 1 is 1.14 bits per heavy atom. The first kappa shape index (κ1) is 15.8. The maximum atomic E-state index is 5.71. The molecule has 1 saturated heterocycles. The molecule has 114 valence electrons. The Hall–Kier alpha value is -1.59. The highest BCUT2D eigenvalue weighted by molar-refractivity contribution is 5.85. The van der Waals surface area contributed by atoms with Gasteiger partial charge in [-0.05, 0) is 37.9 Å². The number of hydrogen-bond acceptors (Lipinski definition) is 4. The van der Waals surface area contributed by atoms with Crippen LogP contribution in [-0.2, 0) is 0 Å². The SMILES string of the molecule is Cl.Nc1cn(C(CCN2CCCC2)c2ccccc2)nn1. The van der Waals surface area contributed by atoms with Crippen LogP contribution in [0.25, 0.3) is 0 Å². The van der Waals surface area contributed by atoms with Crippen LogP contribution in [0.1, 0.15) is 30.9 Å². The number of rotatable bonds is 5. The summed E-state index contributed by atoms with van der Waals surface area (Å²) in [7, 11) is 0. The first-order chi connectivity index (χ1) is 9.83. The van der Waals surface area contributed by atoms with E-state index in [1.807, 2.05) is 16.9 Å². The van der Waals surface area contributed by atoms with Gasteiger partial charge in [0.25, 0.3) is 0 Å². The number of aromatic nitrogens is 3. The Morgan fingerprint density at radius 2 is 1.86 bits per heavy atom. The minimum atomic E-state index is 0. The first-order valence-electron chi connectivity index (χ1n) is 7.27. The zero-order chi connectivity index (χ0) is 13.8. The minimum Gasteiger partial charge on any atom is -0.381 e. The van der Waals surface area contributed by atoms with Gasteiger partial charge in [-0.25, -0.2) is 4.68 Å². The largest absolute Gasteiger partial charge is 0.381 e. The van der Waals surface area contributed by atoms with Gasteiger partial charge in [-0.15, -0.1) is 17.5 Å². The van der Waals surface area contributed by atoms with Gasteiger partial charge in [-0.2, -0.15) is 0 Å². The molecule has 21 heavy (non-hydrogen) atoms. The van der Waals surface area contributed by atoms with Crippen LogP contribution in [0.15, 0.2) is 36.5 Å². The standard InChI is InChI=1S/C15H21N5.ClH/c16-15-12-20(18-17-15)14(13-6-2-1-3-7-13)8-11-19-9-4-5-10-19;/h1-3,6-7,12,14H,4-5,8-11,16H2;1H. The van der Waals surface area contributed by atoms with E-state index in [9.17, 15) is 0 Å². The van der Waals surface area contributed by atoms with E-state index >= 15 is 0 Å². The normalized spacial score (nSPS) is 16.6. The average Bonchev–Trinajstić information content (AvgIpc) is 3.12. The molecule has 1 atom stereocenters. The van der Waals surface area contributed by atoms with Crippen LogP contribution in [-0.4, -0.2) is 39.5 Å². The molecule has 5 nitrogen and oxygen atoms in total. The van der Waals surface area contributed by atoms with Crippen molar-refractivity contribution in [2.75, 3.05) is 25.4 Å². The number of hydrogen-bond donors (Lipinski definition) is 1. The van der Waals surface area contributed by atoms with E-state index < -0.39 is 0 Å². The molecular formula is C15H22ClN5. The number of nitrogens with two attached hydrogens (primary N) is 1. The predicted octanol–water partition coefficient (Wildman–Crippen LogP) is 2.36. The van der Waals surface area contributed by atoms with Crippen LogP contribution in [0.2, 0.25) is 0 Å². The van der Waals surface area contributed by atoms with Gasteiger partial charge in [-0.1, -0.05) is 35.5 Å². The van der Waals surface area contributed by atoms with E-state index in [1.54, 1.807) is 0 Å². The van der Waals surface area contributed by atoms with Crippen molar-refractivity contribution in [2.24, 2.45) is 0 Å². The van der Waals surface area contributed by atoms with Crippen molar-refractivity contribution in [3.63, 3.8) is 0 Å². The smallest absolute Gasteiger partial charge is 0.165 e. The fraction of sp³-hybridized carbons (Fsp3) is 0.467. The molecule has 1 unspecified atom stereocenters. The Bertz CT molecular complexity index is 536. The molecule has 1 aliphatic heterocycles. The van der Waals surface area contributed by atoms with Crippen LogP contribution in [0, 0.1) is 0 Å². The number of halogens is 1. The molecule has 1 aliphatic rings. The lowest BCUT2D eigenvalue weighted by atomic mass is 10.0. The number of nitrogens with zero attached hydrogens (tertiary/aromatic N) is 4. The summed E-state index contributed by atoms with van der Waals surface area (Å²) in [6.07, 6.45) is 5.51. The summed E-state index contributed by atoms with van der Waals surface area (Å²) in [6.45, 7) is 3.54. The number of likely N-dealkylation sites (tertiary alicyclic amines) is 1. The molecule has 0 spiro atoms. The van der Waals surface area contributed by atoms with Crippen LogP contribution in [0.4, 0.5) is 5.82 Å². The summed E-state index contributed by atoms with van der Waals surface area (Å²) in [6, 6.07) is 10.7. The molecule has 0 aliphatic carbocycles. The third-order valence-electron chi connectivity index (χ3n) is 3.95. The lowest BCUT2D eigenvalue weighted by Crippen LogP contribution is -2.24. The Balaban J connectivity index is 0.00000161. The van der Waals surface area contributed by atoms with Gasteiger partial charge in [0.1, 0.15) is 0 Å². The van der Waals surface area contributed by atoms with E-state index in [1.165, 1.54) is 31.5 Å². The zero-order valence-corrected chi connectivity index (χ0v) is 12.9. The molecule has 3 rings (SSSR count). The van der Waals surface area contributed by atoms with Gasteiger partial charge in [0, 0.05) is 6.54 Å². The maximum absolute atomic E-state index is 5.71.